The monoisotopic (exact) mass is 452 g/mol. The lowest BCUT2D eigenvalue weighted by Crippen LogP contribution is -2.45. The van der Waals surface area contributed by atoms with Crippen molar-refractivity contribution in [1.82, 2.24) is 9.88 Å². The van der Waals surface area contributed by atoms with E-state index >= 15 is 0 Å². The fraction of sp³-hybridized carbons (Fsp3) is 0.333. The molecule has 25 heavy (non-hydrogen) atoms. The average Bonchev–Trinajstić information content (AvgIpc) is 2.62. The minimum absolute atomic E-state index is 0. The third-order valence-corrected chi connectivity index (χ3v) is 4.14. The van der Waals surface area contributed by atoms with E-state index in [2.05, 4.69) is 38.2 Å². The normalized spacial score (nSPS) is 15.6. The molecule has 6 nitrogen and oxygen atoms in total. The quantitative estimate of drug-likeness (QED) is 0.424. The number of guanidine groups is 1. The number of benzene rings is 1. The second-order valence-corrected chi connectivity index (χ2v) is 5.97. The van der Waals surface area contributed by atoms with Gasteiger partial charge in [0.2, 0.25) is 0 Å². The van der Waals surface area contributed by atoms with Crippen LogP contribution in [0.2, 0.25) is 0 Å². The number of halogens is 1. The first kappa shape index (κ1) is 19.5. The summed E-state index contributed by atoms with van der Waals surface area (Å²) in [4.78, 5) is 13.7. The molecular formula is C18H25IN6. The number of hydrogen-bond acceptors (Lipinski definition) is 4. The molecule has 1 saturated heterocycles. The minimum atomic E-state index is 0. The van der Waals surface area contributed by atoms with E-state index in [-0.39, 0.29) is 24.0 Å². The number of pyridine rings is 1. The molecule has 0 saturated carbocycles. The standard InChI is InChI=1S/C18H24N6.HI/c1-23-10-12-24(13-11-23)17-15(6-5-9-20-17)14-21-18(19)22-16-7-3-2-4-8-16;/h2-9H,10-14H2,1H3,(H3,19,21,22);1H. The molecule has 0 bridgehead atoms. The number of anilines is 2. The van der Waals surface area contributed by atoms with E-state index in [1.165, 1.54) is 0 Å². The smallest absolute Gasteiger partial charge is 0.193 e. The van der Waals surface area contributed by atoms with Gasteiger partial charge in [0.25, 0.3) is 0 Å². The van der Waals surface area contributed by atoms with E-state index in [0.29, 0.717) is 12.5 Å². The van der Waals surface area contributed by atoms with Crippen LogP contribution in [0.25, 0.3) is 0 Å². The van der Waals surface area contributed by atoms with E-state index in [1.54, 1.807) is 0 Å². The SMILES string of the molecule is CN1CCN(c2ncccc2CN=C(N)Nc2ccccc2)CC1.I. The molecule has 0 atom stereocenters. The summed E-state index contributed by atoms with van der Waals surface area (Å²) in [5.74, 6) is 1.43. The molecule has 0 radical (unpaired) electrons. The number of hydrogen-bond donors (Lipinski definition) is 2. The van der Waals surface area contributed by atoms with Gasteiger partial charge in [-0.05, 0) is 25.2 Å². The van der Waals surface area contributed by atoms with Gasteiger partial charge in [-0.15, -0.1) is 24.0 Å². The molecule has 1 aromatic heterocycles. The Labute approximate surface area is 166 Å². The van der Waals surface area contributed by atoms with Crippen LogP contribution in [0.15, 0.2) is 53.7 Å². The molecule has 2 heterocycles. The summed E-state index contributed by atoms with van der Waals surface area (Å²) in [6, 6.07) is 13.8. The molecule has 1 fully saturated rings. The number of para-hydroxylation sites is 1. The maximum atomic E-state index is 6.00. The van der Waals surface area contributed by atoms with Crippen LogP contribution in [-0.4, -0.2) is 49.1 Å². The van der Waals surface area contributed by atoms with Crippen LogP contribution in [0.3, 0.4) is 0 Å². The van der Waals surface area contributed by atoms with E-state index in [9.17, 15) is 0 Å². The maximum absolute atomic E-state index is 6.00. The van der Waals surface area contributed by atoms with Gasteiger partial charge in [0.05, 0.1) is 6.54 Å². The predicted octanol–water partition coefficient (Wildman–Crippen LogP) is 2.38. The summed E-state index contributed by atoms with van der Waals surface area (Å²) in [6.45, 7) is 4.60. The lowest BCUT2D eigenvalue weighted by molar-refractivity contribution is 0.312. The van der Waals surface area contributed by atoms with Crippen molar-refractivity contribution in [2.75, 3.05) is 43.4 Å². The Hall–Kier alpha value is -1.87. The number of likely N-dealkylation sites (N-methyl/N-ethyl adjacent to an activating group) is 1. The van der Waals surface area contributed by atoms with Crippen molar-refractivity contribution >= 4 is 41.4 Å². The predicted molar refractivity (Wildman–Crippen MR) is 115 cm³/mol. The van der Waals surface area contributed by atoms with Gasteiger partial charge >= 0.3 is 0 Å². The number of piperazine rings is 1. The number of rotatable bonds is 4. The molecule has 2 aromatic rings. The Morgan fingerprint density at radius 3 is 2.56 bits per heavy atom. The van der Waals surface area contributed by atoms with Gasteiger partial charge in [0, 0.05) is 43.6 Å². The van der Waals surface area contributed by atoms with Gasteiger partial charge < -0.3 is 20.9 Å². The molecule has 1 aliphatic heterocycles. The number of nitrogens with zero attached hydrogens (tertiary/aromatic N) is 4. The number of aromatic nitrogens is 1. The van der Waals surface area contributed by atoms with Crippen LogP contribution in [0.1, 0.15) is 5.56 Å². The van der Waals surface area contributed by atoms with Crippen LogP contribution in [0.4, 0.5) is 11.5 Å². The van der Waals surface area contributed by atoms with Crippen molar-refractivity contribution < 1.29 is 0 Å². The van der Waals surface area contributed by atoms with E-state index < -0.39 is 0 Å². The lowest BCUT2D eigenvalue weighted by Gasteiger charge is -2.34. The fourth-order valence-corrected chi connectivity index (χ4v) is 2.74. The van der Waals surface area contributed by atoms with Crippen molar-refractivity contribution in [3.05, 3.63) is 54.2 Å². The molecule has 0 aliphatic carbocycles. The van der Waals surface area contributed by atoms with Crippen molar-refractivity contribution in [3.63, 3.8) is 0 Å². The zero-order chi connectivity index (χ0) is 16.8. The fourth-order valence-electron chi connectivity index (χ4n) is 2.74. The maximum Gasteiger partial charge on any atom is 0.193 e. The highest BCUT2D eigenvalue weighted by Crippen LogP contribution is 2.19. The van der Waals surface area contributed by atoms with Crippen LogP contribution in [-0.2, 0) is 6.54 Å². The van der Waals surface area contributed by atoms with Crippen molar-refractivity contribution in [2.45, 2.75) is 6.54 Å². The van der Waals surface area contributed by atoms with Gasteiger partial charge in [0.1, 0.15) is 5.82 Å². The molecule has 0 spiro atoms. The average molecular weight is 452 g/mol. The highest BCUT2D eigenvalue weighted by atomic mass is 127. The van der Waals surface area contributed by atoms with Crippen molar-refractivity contribution in [2.24, 2.45) is 10.7 Å². The van der Waals surface area contributed by atoms with Crippen LogP contribution >= 0.6 is 24.0 Å². The number of nitrogens with one attached hydrogen (secondary N) is 1. The second-order valence-electron chi connectivity index (χ2n) is 5.97. The van der Waals surface area contributed by atoms with Crippen LogP contribution in [0, 0.1) is 0 Å². The van der Waals surface area contributed by atoms with Crippen molar-refractivity contribution in [3.8, 4) is 0 Å². The summed E-state index contributed by atoms with van der Waals surface area (Å²) < 4.78 is 0. The van der Waals surface area contributed by atoms with Gasteiger partial charge in [-0.3, -0.25) is 0 Å². The van der Waals surface area contributed by atoms with Gasteiger partial charge in [-0.2, -0.15) is 0 Å². The third-order valence-electron chi connectivity index (χ3n) is 4.14. The highest BCUT2D eigenvalue weighted by molar-refractivity contribution is 14.0. The van der Waals surface area contributed by atoms with Gasteiger partial charge in [-0.1, -0.05) is 24.3 Å². The first-order chi connectivity index (χ1) is 11.7. The Morgan fingerprint density at radius 1 is 1.12 bits per heavy atom. The zero-order valence-corrected chi connectivity index (χ0v) is 16.8. The van der Waals surface area contributed by atoms with Crippen molar-refractivity contribution in [1.29, 1.82) is 0 Å². The number of nitrogens with two attached hydrogens (primary N) is 1. The third kappa shape index (κ3) is 5.57. The molecule has 1 aromatic carbocycles. The second kappa shape index (κ2) is 9.57. The first-order valence-corrected chi connectivity index (χ1v) is 8.22. The van der Waals surface area contributed by atoms with Gasteiger partial charge in [-0.25, -0.2) is 9.98 Å². The molecule has 7 heteroatoms. The Kier molecular flexibility index (Phi) is 7.45. The summed E-state index contributed by atoms with van der Waals surface area (Å²) in [6.07, 6.45) is 1.84. The van der Waals surface area contributed by atoms with E-state index in [4.69, 9.17) is 5.73 Å². The molecule has 1 aliphatic rings. The Balaban J connectivity index is 0.00000225. The summed E-state index contributed by atoms with van der Waals surface area (Å²) >= 11 is 0. The van der Waals surface area contributed by atoms with E-state index in [0.717, 1.165) is 43.2 Å². The number of aliphatic imine (C=N–C) groups is 1. The Morgan fingerprint density at radius 2 is 1.84 bits per heavy atom. The van der Waals surface area contributed by atoms with Crippen LogP contribution < -0.4 is 16.0 Å². The molecular weight excluding hydrogens is 427 g/mol. The highest BCUT2D eigenvalue weighted by Gasteiger charge is 2.17. The molecule has 3 N–H and O–H groups in total. The minimum Gasteiger partial charge on any atom is -0.370 e. The largest absolute Gasteiger partial charge is 0.370 e. The summed E-state index contributed by atoms with van der Waals surface area (Å²) in [5.41, 5.74) is 8.03. The first-order valence-electron chi connectivity index (χ1n) is 8.22. The Bertz CT molecular complexity index is 683. The molecule has 3 rings (SSSR count). The molecule has 134 valence electrons. The van der Waals surface area contributed by atoms with E-state index in [1.807, 2.05) is 42.6 Å². The lowest BCUT2D eigenvalue weighted by atomic mass is 10.2. The summed E-state index contributed by atoms with van der Waals surface area (Å²) in [5, 5.41) is 3.10. The van der Waals surface area contributed by atoms with Gasteiger partial charge in [0.15, 0.2) is 5.96 Å². The summed E-state index contributed by atoms with van der Waals surface area (Å²) in [7, 11) is 2.15. The molecule has 0 amide bonds. The van der Waals surface area contributed by atoms with Crippen LogP contribution in [0.5, 0.6) is 0 Å². The molecule has 0 unspecified atom stereocenters. The topological polar surface area (TPSA) is 69.8 Å². The zero-order valence-electron chi connectivity index (χ0n) is 14.4.